The Labute approximate surface area is 190 Å². The van der Waals surface area contributed by atoms with Crippen LogP contribution in [0.15, 0.2) is 48.7 Å². The number of halogens is 3. The fraction of sp³-hybridized carbons (Fsp3) is 0.211. The van der Waals surface area contributed by atoms with Crippen molar-refractivity contribution in [3.63, 3.8) is 0 Å². The molecule has 0 bridgehead atoms. The smallest absolute Gasteiger partial charge is 0.294 e. The molecular formula is C19H21Cl3N4O4. The molecule has 3 N–H and O–H groups in total. The van der Waals surface area contributed by atoms with Gasteiger partial charge in [-0.25, -0.2) is 0 Å². The van der Waals surface area contributed by atoms with E-state index in [2.05, 4.69) is 20.5 Å². The molecule has 1 heterocycles. The molecule has 0 atom stereocenters. The third-order valence-electron chi connectivity index (χ3n) is 4.07. The van der Waals surface area contributed by atoms with Crippen LogP contribution in [-0.4, -0.2) is 28.3 Å². The molecular weight excluding hydrogens is 455 g/mol. The molecule has 0 amide bonds. The molecule has 162 valence electrons. The molecule has 2 aromatic carbocycles. The number of pyridine rings is 1. The second-order valence-corrected chi connectivity index (χ2v) is 6.51. The largest absolute Gasteiger partial charge is 0.508 e. The van der Waals surface area contributed by atoms with Crippen molar-refractivity contribution in [1.82, 2.24) is 10.3 Å². The van der Waals surface area contributed by atoms with Gasteiger partial charge in [0.25, 0.3) is 5.09 Å². The highest BCUT2D eigenvalue weighted by Crippen LogP contribution is 2.29. The van der Waals surface area contributed by atoms with E-state index >= 15 is 0 Å². The Kier molecular flexibility index (Phi) is 10.4. The van der Waals surface area contributed by atoms with Crippen molar-refractivity contribution < 1.29 is 15.0 Å². The molecule has 0 aliphatic rings. The Morgan fingerprint density at radius 2 is 1.97 bits per heavy atom. The van der Waals surface area contributed by atoms with E-state index in [0.29, 0.717) is 30.1 Å². The molecule has 0 radical (unpaired) electrons. The molecule has 0 unspecified atom stereocenters. The lowest BCUT2D eigenvalue weighted by Gasteiger charge is -2.12. The van der Waals surface area contributed by atoms with Crippen molar-refractivity contribution in [3.05, 3.63) is 69.4 Å². The Hall–Kier alpha value is -2.52. The summed E-state index contributed by atoms with van der Waals surface area (Å²) in [4.78, 5) is 18.7. The second kappa shape index (κ2) is 12.2. The van der Waals surface area contributed by atoms with Gasteiger partial charge in [-0.2, -0.15) is 0 Å². The van der Waals surface area contributed by atoms with Gasteiger partial charge in [-0.1, -0.05) is 11.6 Å². The van der Waals surface area contributed by atoms with Crippen LogP contribution in [0.3, 0.4) is 0 Å². The van der Waals surface area contributed by atoms with Crippen LogP contribution < -0.4 is 10.6 Å². The van der Waals surface area contributed by atoms with Crippen LogP contribution in [-0.2, 0) is 11.4 Å². The van der Waals surface area contributed by atoms with Crippen LogP contribution in [0.2, 0.25) is 5.02 Å². The fourth-order valence-corrected chi connectivity index (χ4v) is 2.92. The van der Waals surface area contributed by atoms with Crippen LogP contribution in [0.25, 0.3) is 10.9 Å². The first-order chi connectivity index (χ1) is 13.5. The number of hydrogen-bond acceptors (Lipinski definition) is 7. The molecule has 0 spiro atoms. The zero-order valence-electron chi connectivity index (χ0n) is 15.7. The zero-order valence-corrected chi connectivity index (χ0v) is 18.1. The van der Waals surface area contributed by atoms with E-state index in [9.17, 15) is 15.2 Å². The third kappa shape index (κ3) is 7.07. The lowest BCUT2D eigenvalue weighted by molar-refractivity contribution is -0.757. The molecule has 3 aromatic rings. The van der Waals surface area contributed by atoms with Crippen molar-refractivity contribution in [2.24, 2.45) is 0 Å². The van der Waals surface area contributed by atoms with Crippen LogP contribution in [0.4, 0.5) is 11.4 Å². The van der Waals surface area contributed by atoms with Crippen molar-refractivity contribution >= 4 is 58.7 Å². The molecule has 0 fully saturated rings. The number of nitrogens with one attached hydrogen (secondary N) is 2. The Bertz CT molecular complexity index is 991. The molecule has 0 aliphatic heterocycles. The number of phenolic OH excluding ortho intramolecular Hbond substituents is 1. The minimum atomic E-state index is -0.808. The first kappa shape index (κ1) is 25.5. The minimum absolute atomic E-state index is 0. The average molecular weight is 476 g/mol. The number of phenols is 1. The number of fused-ring (bicyclic) bond motifs is 1. The lowest BCUT2D eigenvalue weighted by Crippen LogP contribution is -2.17. The number of aromatic hydroxyl groups is 1. The molecule has 1 aromatic heterocycles. The first-order valence-corrected chi connectivity index (χ1v) is 9.02. The van der Waals surface area contributed by atoms with Gasteiger partial charge >= 0.3 is 0 Å². The van der Waals surface area contributed by atoms with E-state index in [1.807, 2.05) is 24.3 Å². The normalized spacial score (nSPS) is 10.0. The number of rotatable bonds is 9. The summed E-state index contributed by atoms with van der Waals surface area (Å²) in [6, 6.07) is 12.6. The van der Waals surface area contributed by atoms with Gasteiger partial charge < -0.3 is 20.6 Å². The summed E-state index contributed by atoms with van der Waals surface area (Å²) in [6.45, 7) is 0.986. The highest BCUT2D eigenvalue weighted by Gasteiger charge is 2.06. The molecule has 11 heteroatoms. The predicted molar refractivity (Wildman–Crippen MR) is 122 cm³/mol. The van der Waals surface area contributed by atoms with Gasteiger partial charge in [0.1, 0.15) is 5.75 Å². The first-order valence-electron chi connectivity index (χ1n) is 8.64. The standard InChI is InChI=1S/C19H19ClN4O4.2ClH/c20-14-2-4-16-17(6-8-22-18(16)11-14)23-15-3-5-19(25)13(10-15)12-21-7-1-9-28-24(26)27;;/h2-6,8,10-11,21,25H,1,7,9,12H2,(H,22,23);2*1H. The van der Waals surface area contributed by atoms with Crippen LogP contribution >= 0.6 is 36.4 Å². The average Bonchev–Trinajstić information content (AvgIpc) is 2.66. The van der Waals surface area contributed by atoms with Gasteiger partial charge in [0.2, 0.25) is 0 Å². The zero-order chi connectivity index (χ0) is 19.9. The quantitative estimate of drug-likeness (QED) is 0.175. The minimum Gasteiger partial charge on any atom is -0.508 e. The van der Waals surface area contributed by atoms with Crippen LogP contribution in [0.5, 0.6) is 5.75 Å². The summed E-state index contributed by atoms with van der Waals surface area (Å²) in [7, 11) is 0. The maximum Gasteiger partial charge on any atom is 0.294 e. The fourth-order valence-electron chi connectivity index (χ4n) is 2.75. The van der Waals surface area contributed by atoms with Crippen molar-refractivity contribution in [3.8, 4) is 5.75 Å². The highest BCUT2D eigenvalue weighted by atomic mass is 35.5. The number of benzene rings is 2. The lowest BCUT2D eigenvalue weighted by atomic mass is 10.1. The van der Waals surface area contributed by atoms with Gasteiger partial charge in [0, 0.05) is 40.1 Å². The summed E-state index contributed by atoms with van der Waals surface area (Å²) >= 11 is 6.03. The van der Waals surface area contributed by atoms with Crippen molar-refractivity contribution in [1.29, 1.82) is 0 Å². The molecule has 0 saturated carbocycles. The highest BCUT2D eigenvalue weighted by molar-refractivity contribution is 6.31. The summed E-state index contributed by atoms with van der Waals surface area (Å²) in [5, 5.41) is 27.4. The number of anilines is 2. The summed E-state index contributed by atoms with van der Waals surface area (Å²) in [5.41, 5.74) is 3.19. The summed E-state index contributed by atoms with van der Waals surface area (Å²) < 4.78 is 0. The third-order valence-corrected chi connectivity index (χ3v) is 4.31. The van der Waals surface area contributed by atoms with E-state index in [-0.39, 0.29) is 37.2 Å². The number of aromatic nitrogens is 1. The van der Waals surface area contributed by atoms with Gasteiger partial charge in [0.15, 0.2) is 0 Å². The number of hydrogen-bond donors (Lipinski definition) is 3. The molecule has 0 saturated heterocycles. The van der Waals surface area contributed by atoms with Gasteiger partial charge in [-0.3, -0.25) is 4.98 Å². The second-order valence-electron chi connectivity index (χ2n) is 6.08. The molecule has 0 aliphatic carbocycles. The van der Waals surface area contributed by atoms with Gasteiger partial charge in [0.05, 0.1) is 12.1 Å². The summed E-state index contributed by atoms with van der Waals surface area (Å²) in [5.74, 6) is 0.172. The monoisotopic (exact) mass is 474 g/mol. The van der Waals surface area contributed by atoms with E-state index < -0.39 is 5.09 Å². The summed E-state index contributed by atoms with van der Waals surface area (Å²) in [6.07, 6.45) is 2.20. The van der Waals surface area contributed by atoms with E-state index in [1.54, 1.807) is 24.4 Å². The van der Waals surface area contributed by atoms with Crippen LogP contribution in [0.1, 0.15) is 12.0 Å². The van der Waals surface area contributed by atoms with E-state index in [0.717, 1.165) is 22.3 Å². The van der Waals surface area contributed by atoms with Crippen LogP contribution in [0, 0.1) is 10.1 Å². The maximum atomic E-state index is 10.1. The number of nitrogens with zero attached hydrogens (tertiary/aromatic N) is 2. The van der Waals surface area contributed by atoms with E-state index in [4.69, 9.17) is 11.6 Å². The van der Waals surface area contributed by atoms with Crippen molar-refractivity contribution in [2.45, 2.75) is 13.0 Å². The Balaban J connectivity index is 0.00000225. The molecule has 30 heavy (non-hydrogen) atoms. The van der Waals surface area contributed by atoms with Crippen molar-refractivity contribution in [2.75, 3.05) is 18.5 Å². The maximum absolute atomic E-state index is 10.1. The predicted octanol–water partition coefficient (Wildman–Crippen LogP) is 4.87. The molecule has 3 rings (SSSR count). The van der Waals surface area contributed by atoms with Gasteiger partial charge in [-0.05, 0) is 55.4 Å². The van der Waals surface area contributed by atoms with Gasteiger partial charge in [-0.15, -0.1) is 34.9 Å². The SMILES string of the molecule is Cl.Cl.O=[N+]([O-])OCCCNCc1cc(Nc2ccnc3cc(Cl)ccc23)ccc1O. The molecule has 8 nitrogen and oxygen atoms in total. The van der Waals surface area contributed by atoms with E-state index in [1.165, 1.54) is 0 Å². The Morgan fingerprint density at radius 3 is 2.73 bits per heavy atom. The topological polar surface area (TPSA) is 110 Å². The Morgan fingerprint density at radius 1 is 1.17 bits per heavy atom.